The third-order valence-corrected chi connectivity index (χ3v) is 4.25. The number of carbonyl (C=O) groups excluding carboxylic acids is 1. The molecule has 68 valence electrons. The first-order valence-corrected chi connectivity index (χ1v) is 6.15. The van der Waals surface area contributed by atoms with Gasteiger partial charge in [0.1, 0.15) is 5.78 Å². The summed E-state index contributed by atoms with van der Waals surface area (Å²) in [6, 6.07) is 0. The van der Waals surface area contributed by atoms with E-state index in [0.29, 0.717) is 17.6 Å². The first-order valence-electron chi connectivity index (χ1n) is 4.99. The lowest BCUT2D eigenvalue weighted by Gasteiger charge is -2.12. The highest BCUT2D eigenvalue weighted by molar-refractivity contribution is 7.99. The van der Waals surface area contributed by atoms with E-state index in [1.54, 1.807) is 0 Å². The summed E-state index contributed by atoms with van der Waals surface area (Å²) in [4.78, 5) is 11.8. The SMILES string of the molecule is O=C(C1CCCC1)C1CCSC1. The fourth-order valence-corrected chi connectivity index (χ4v) is 3.54. The van der Waals surface area contributed by atoms with Crippen LogP contribution in [-0.4, -0.2) is 17.3 Å². The zero-order chi connectivity index (χ0) is 8.39. The van der Waals surface area contributed by atoms with Gasteiger partial charge in [0.2, 0.25) is 0 Å². The molecule has 12 heavy (non-hydrogen) atoms. The van der Waals surface area contributed by atoms with Crippen LogP contribution in [0.2, 0.25) is 0 Å². The normalized spacial score (nSPS) is 31.2. The Morgan fingerprint density at radius 3 is 2.42 bits per heavy atom. The first-order chi connectivity index (χ1) is 5.88. The minimum Gasteiger partial charge on any atom is -0.299 e. The second kappa shape index (κ2) is 3.82. The van der Waals surface area contributed by atoms with Gasteiger partial charge in [0, 0.05) is 17.6 Å². The van der Waals surface area contributed by atoms with Gasteiger partial charge in [0.15, 0.2) is 0 Å². The highest BCUT2D eigenvalue weighted by Gasteiger charge is 2.30. The van der Waals surface area contributed by atoms with Gasteiger partial charge in [-0.15, -0.1) is 0 Å². The predicted octanol–water partition coefficient (Wildman–Crippen LogP) is 2.50. The highest BCUT2D eigenvalue weighted by atomic mass is 32.2. The summed E-state index contributed by atoms with van der Waals surface area (Å²) in [6.07, 6.45) is 6.09. The maximum Gasteiger partial charge on any atom is 0.139 e. The van der Waals surface area contributed by atoms with Gasteiger partial charge >= 0.3 is 0 Å². The molecule has 1 aliphatic carbocycles. The van der Waals surface area contributed by atoms with E-state index in [1.165, 1.54) is 31.4 Å². The third-order valence-electron chi connectivity index (χ3n) is 3.09. The molecule has 0 N–H and O–H groups in total. The Hall–Kier alpha value is 0.0200. The molecule has 1 heterocycles. The predicted molar refractivity (Wildman–Crippen MR) is 52.4 cm³/mol. The van der Waals surface area contributed by atoms with Gasteiger partial charge in [-0.25, -0.2) is 0 Å². The average molecular weight is 184 g/mol. The van der Waals surface area contributed by atoms with Crippen LogP contribution in [0.25, 0.3) is 0 Å². The monoisotopic (exact) mass is 184 g/mol. The molecule has 0 bridgehead atoms. The van der Waals surface area contributed by atoms with Crippen LogP contribution < -0.4 is 0 Å². The van der Waals surface area contributed by atoms with Gasteiger partial charge in [0.25, 0.3) is 0 Å². The van der Waals surface area contributed by atoms with Crippen molar-refractivity contribution < 1.29 is 4.79 Å². The van der Waals surface area contributed by atoms with E-state index >= 15 is 0 Å². The number of Topliss-reactive ketones (excluding diaryl/α,β-unsaturated/α-hetero) is 1. The molecular weight excluding hydrogens is 168 g/mol. The lowest BCUT2D eigenvalue weighted by atomic mass is 9.91. The van der Waals surface area contributed by atoms with Crippen molar-refractivity contribution in [2.75, 3.05) is 11.5 Å². The number of ketones is 1. The summed E-state index contributed by atoms with van der Waals surface area (Å²) < 4.78 is 0. The Morgan fingerprint density at radius 1 is 1.08 bits per heavy atom. The maximum atomic E-state index is 11.8. The van der Waals surface area contributed by atoms with Gasteiger partial charge in [-0.1, -0.05) is 12.8 Å². The molecule has 2 fully saturated rings. The van der Waals surface area contributed by atoms with Crippen molar-refractivity contribution in [2.24, 2.45) is 11.8 Å². The van der Waals surface area contributed by atoms with Gasteiger partial charge in [-0.3, -0.25) is 4.79 Å². The summed E-state index contributed by atoms with van der Waals surface area (Å²) in [5.74, 6) is 3.79. The van der Waals surface area contributed by atoms with E-state index in [2.05, 4.69) is 0 Å². The number of thioether (sulfide) groups is 1. The van der Waals surface area contributed by atoms with E-state index in [0.717, 1.165) is 12.2 Å². The molecular formula is C10H16OS. The first kappa shape index (κ1) is 8.61. The van der Waals surface area contributed by atoms with Crippen molar-refractivity contribution in [2.45, 2.75) is 32.1 Å². The number of rotatable bonds is 2. The van der Waals surface area contributed by atoms with Crippen LogP contribution in [-0.2, 0) is 4.79 Å². The van der Waals surface area contributed by atoms with E-state index < -0.39 is 0 Å². The van der Waals surface area contributed by atoms with Crippen LogP contribution in [0, 0.1) is 11.8 Å². The van der Waals surface area contributed by atoms with Crippen LogP contribution in [0.4, 0.5) is 0 Å². The van der Waals surface area contributed by atoms with Crippen molar-refractivity contribution in [3.05, 3.63) is 0 Å². The third kappa shape index (κ3) is 1.68. The quantitative estimate of drug-likeness (QED) is 0.656. The smallest absolute Gasteiger partial charge is 0.139 e. The molecule has 0 radical (unpaired) electrons. The zero-order valence-corrected chi connectivity index (χ0v) is 8.24. The minimum atomic E-state index is 0.429. The maximum absolute atomic E-state index is 11.8. The Morgan fingerprint density at radius 2 is 1.83 bits per heavy atom. The summed E-state index contributed by atoms with van der Waals surface area (Å²) in [6.45, 7) is 0. The molecule has 2 aliphatic rings. The molecule has 1 aliphatic heterocycles. The van der Waals surface area contributed by atoms with Crippen molar-refractivity contribution >= 4 is 17.5 Å². The summed E-state index contributed by atoms with van der Waals surface area (Å²) in [7, 11) is 0. The topological polar surface area (TPSA) is 17.1 Å². The van der Waals surface area contributed by atoms with E-state index in [9.17, 15) is 4.79 Å². The molecule has 1 unspecified atom stereocenters. The number of hydrogen-bond donors (Lipinski definition) is 0. The fraction of sp³-hybridized carbons (Fsp3) is 0.900. The molecule has 0 aromatic rings. The van der Waals surface area contributed by atoms with Crippen molar-refractivity contribution in [3.8, 4) is 0 Å². The molecule has 0 aromatic heterocycles. The minimum absolute atomic E-state index is 0.429. The Labute approximate surface area is 78.3 Å². The molecule has 0 aromatic carbocycles. The van der Waals surface area contributed by atoms with Gasteiger partial charge in [0.05, 0.1) is 0 Å². The summed E-state index contributed by atoms with van der Waals surface area (Å²) in [5, 5.41) is 0. The molecule has 1 atom stereocenters. The Bertz CT molecular complexity index is 149. The Balaban J connectivity index is 1.89. The zero-order valence-electron chi connectivity index (χ0n) is 7.42. The van der Waals surface area contributed by atoms with E-state index in [4.69, 9.17) is 0 Å². The van der Waals surface area contributed by atoms with Crippen LogP contribution in [0.3, 0.4) is 0 Å². The molecule has 1 saturated heterocycles. The largest absolute Gasteiger partial charge is 0.299 e. The summed E-state index contributed by atoms with van der Waals surface area (Å²) >= 11 is 1.95. The molecule has 0 spiro atoms. The molecule has 2 rings (SSSR count). The van der Waals surface area contributed by atoms with Crippen molar-refractivity contribution in [3.63, 3.8) is 0 Å². The van der Waals surface area contributed by atoms with Crippen LogP contribution in [0.1, 0.15) is 32.1 Å². The molecule has 2 heteroatoms. The van der Waals surface area contributed by atoms with E-state index in [1.807, 2.05) is 11.8 Å². The number of carbonyl (C=O) groups is 1. The lowest BCUT2D eigenvalue weighted by Crippen LogP contribution is -2.21. The second-order valence-corrected chi connectivity index (χ2v) is 5.09. The molecule has 1 nitrogen and oxygen atoms in total. The van der Waals surface area contributed by atoms with Crippen molar-refractivity contribution in [1.82, 2.24) is 0 Å². The highest BCUT2D eigenvalue weighted by Crippen LogP contribution is 2.33. The van der Waals surface area contributed by atoms with Crippen LogP contribution >= 0.6 is 11.8 Å². The van der Waals surface area contributed by atoms with Crippen molar-refractivity contribution in [1.29, 1.82) is 0 Å². The lowest BCUT2D eigenvalue weighted by molar-refractivity contribution is -0.125. The molecule has 0 amide bonds. The Kier molecular flexibility index (Phi) is 2.74. The molecule has 1 saturated carbocycles. The number of hydrogen-bond acceptors (Lipinski definition) is 2. The fourth-order valence-electron chi connectivity index (χ4n) is 2.30. The van der Waals surface area contributed by atoms with Crippen LogP contribution in [0.15, 0.2) is 0 Å². The average Bonchev–Trinajstić information content (AvgIpc) is 2.77. The standard InChI is InChI=1S/C10H16OS/c11-10(8-3-1-2-4-8)9-5-6-12-7-9/h8-9H,1-7H2. The van der Waals surface area contributed by atoms with Gasteiger partial charge in [-0.05, 0) is 25.0 Å². The van der Waals surface area contributed by atoms with Crippen LogP contribution in [0.5, 0.6) is 0 Å². The second-order valence-electron chi connectivity index (χ2n) is 3.94. The van der Waals surface area contributed by atoms with E-state index in [-0.39, 0.29) is 0 Å². The summed E-state index contributed by atoms with van der Waals surface area (Å²) in [5.41, 5.74) is 0. The van der Waals surface area contributed by atoms with Gasteiger partial charge in [-0.2, -0.15) is 11.8 Å². The van der Waals surface area contributed by atoms with Gasteiger partial charge < -0.3 is 0 Å².